The van der Waals surface area contributed by atoms with E-state index in [1.54, 1.807) is 6.07 Å². The average Bonchev–Trinajstić information content (AvgIpc) is 2.90. The van der Waals surface area contributed by atoms with E-state index >= 15 is 0 Å². The first-order valence-corrected chi connectivity index (χ1v) is 7.37. The predicted octanol–water partition coefficient (Wildman–Crippen LogP) is 2.82. The van der Waals surface area contributed by atoms with Crippen molar-refractivity contribution < 1.29 is 14.6 Å². The molecular weight excluding hydrogens is 268 g/mol. The second-order valence-corrected chi connectivity index (χ2v) is 6.36. The molecular formula is C16H24N2O3. The van der Waals surface area contributed by atoms with E-state index in [-0.39, 0.29) is 6.04 Å². The topological polar surface area (TPSA) is 70.6 Å². The fourth-order valence-electron chi connectivity index (χ4n) is 2.48. The smallest absolute Gasteiger partial charge is 0.412 e. The molecule has 2 rings (SSSR count). The zero-order chi connectivity index (χ0) is 15.5. The lowest BCUT2D eigenvalue weighted by Crippen LogP contribution is -2.30. The molecule has 0 aliphatic carbocycles. The van der Waals surface area contributed by atoms with E-state index in [1.165, 1.54) is 0 Å². The van der Waals surface area contributed by atoms with E-state index in [1.807, 2.05) is 39.0 Å². The monoisotopic (exact) mass is 292 g/mol. The number of ether oxygens (including phenoxy) is 1. The molecule has 1 aromatic rings. The highest BCUT2D eigenvalue weighted by molar-refractivity contribution is 5.86. The molecule has 1 aliphatic rings. The second kappa shape index (κ2) is 6.45. The number of hydrogen-bond acceptors (Lipinski definition) is 4. The van der Waals surface area contributed by atoms with E-state index in [2.05, 4.69) is 10.6 Å². The third-order valence-electron chi connectivity index (χ3n) is 3.39. The Bertz CT molecular complexity index is 491. The molecule has 116 valence electrons. The van der Waals surface area contributed by atoms with Gasteiger partial charge in [-0.2, -0.15) is 0 Å². The van der Waals surface area contributed by atoms with Crippen molar-refractivity contribution in [2.75, 3.05) is 11.9 Å². The highest BCUT2D eigenvalue weighted by Crippen LogP contribution is 2.29. The molecule has 5 nitrogen and oxygen atoms in total. The normalized spacial score (nSPS) is 20.1. The lowest BCUT2D eigenvalue weighted by molar-refractivity contribution is 0.0635. The van der Waals surface area contributed by atoms with Crippen molar-refractivity contribution in [1.82, 2.24) is 5.32 Å². The molecule has 0 bridgehead atoms. The molecule has 1 saturated heterocycles. The molecule has 3 N–H and O–H groups in total. The summed E-state index contributed by atoms with van der Waals surface area (Å²) in [6, 6.07) is 7.32. The van der Waals surface area contributed by atoms with E-state index < -0.39 is 17.8 Å². The maximum atomic E-state index is 11.9. The summed E-state index contributed by atoms with van der Waals surface area (Å²) in [7, 11) is 0. The van der Waals surface area contributed by atoms with Crippen LogP contribution in [0.15, 0.2) is 24.3 Å². The summed E-state index contributed by atoms with van der Waals surface area (Å²) in [6.07, 6.45) is 0.839. The van der Waals surface area contributed by atoms with Crippen molar-refractivity contribution in [3.8, 4) is 0 Å². The number of nitrogens with one attached hydrogen (secondary N) is 2. The van der Waals surface area contributed by atoms with Crippen molar-refractivity contribution in [2.45, 2.75) is 51.4 Å². The molecule has 0 aromatic heterocycles. The van der Waals surface area contributed by atoms with Crippen LogP contribution in [0.2, 0.25) is 0 Å². The Balaban J connectivity index is 2.11. The minimum Gasteiger partial charge on any atom is -0.444 e. The molecule has 1 fully saturated rings. The van der Waals surface area contributed by atoms with Crippen LogP contribution in [0.4, 0.5) is 10.5 Å². The summed E-state index contributed by atoms with van der Waals surface area (Å²) in [5, 5.41) is 16.5. The minimum absolute atomic E-state index is 0.0339. The van der Waals surface area contributed by atoms with Gasteiger partial charge in [0.2, 0.25) is 0 Å². The molecule has 0 spiro atoms. The Hall–Kier alpha value is -1.59. The number of amides is 1. The maximum Gasteiger partial charge on any atom is 0.412 e. The molecule has 5 heteroatoms. The van der Waals surface area contributed by atoms with Gasteiger partial charge in [-0.1, -0.05) is 18.2 Å². The first kappa shape index (κ1) is 15.8. The van der Waals surface area contributed by atoms with Crippen LogP contribution in [0, 0.1) is 0 Å². The van der Waals surface area contributed by atoms with Crippen molar-refractivity contribution in [1.29, 1.82) is 0 Å². The lowest BCUT2D eigenvalue weighted by Gasteiger charge is -2.23. The number of hydrogen-bond donors (Lipinski definition) is 3. The van der Waals surface area contributed by atoms with Gasteiger partial charge in [-0.3, -0.25) is 5.32 Å². The number of aliphatic hydroxyl groups is 1. The van der Waals surface area contributed by atoms with Gasteiger partial charge >= 0.3 is 6.09 Å². The van der Waals surface area contributed by atoms with Gasteiger partial charge < -0.3 is 15.2 Å². The fraction of sp³-hybridized carbons (Fsp3) is 0.562. The molecule has 1 amide bonds. The summed E-state index contributed by atoms with van der Waals surface area (Å²) in [5.74, 6) is 0. The number of anilines is 1. The number of carbonyl (C=O) groups excluding carboxylic acids is 1. The van der Waals surface area contributed by atoms with E-state index in [4.69, 9.17) is 4.74 Å². The summed E-state index contributed by atoms with van der Waals surface area (Å²) in [5.41, 5.74) is 0.751. The molecule has 0 saturated carbocycles. The zero-order valence-electron chi connectivity index (χ0n) is 12.8. The molecule has 21 heavy (non-hydrogen) atoms. The molecule has 0 radical (unpaired) electrons. The second-order valence-electron chi connectivity index (χ2n) is 6.36. The third kappa shape index (κ3) is 4.44. The first-order valence-electron chi connectivity index (χ1n) is 7.37. The summed E-state index contributed by atoms with van der Waals surface area (Å²) >= 11 is 0. The van der Waals surface area contributed by atoms with Gasteiger partial charge in [-0.05, 0) is 46.2 Å². The number of rotatable bonds is 3. The number of aliphatic hydroxyl groups excluding tert-OH is 1. The predicted molar refractivity (Wildman–Crippen MR) is 82.3 cm³/mol. The van der Waals surface area contributed by atoms with Crippen LogP contribution in [0.3, 0.4) is 0 Å². The third-order valence-corrected chi connectivity index (χ3v) is 3.39. The Kier molecular flexibility index (Phi) is 4.85. The zero-order valence-corrected chi connectivity index (χ0v) is 12.8. The number of benzene rings is 1. The standard InChI is InChI=1S/C16H24N2O3/c1-16(2,3)21-15(20)18-12-8-5-4-7-11(12)14(19)13-9-6-10-17-13/h4-5,7-8,13-14,17,19H,6,9-10H2,1-3H3,(H,18,20). The largest absolute Gasteiger partial charge is 0.444 e. The van der Waals surface area contributed by atoms with Crippen LogP contribution in [0.5, 0.6) is 0 Å². The van der Waals surface area contributed by atoms with E-state index in [0.29, 0.717) is 11.3 Å². The molecule has 1 heterocycles. The summed E-state index contributed by atoms with van der Waals surface area (Å²) in [6.45, 7) is 6.37. The van der Waals surface area contributed by atoms with Crippen LogP contribution in [-0.4, -0.2) is 29.4 Å². The van der Waals surface area contributed by atoms with Gasteiger partial charge in [0.1, 0.15) is 5.60 Å². The minimum atomic E-state index is -0.640. The average molecular weight is 292 g/mol. The fourth-order valence-corrected chi connectivity index (χ4v) is 2.48. The van der Waals surface area contributed by atoms with Crippen LogP contribution < -0.4 is 10.6 Å². The number of carbonyl (C=O) groups is 1. The first-order chi connectivity index (χ1) is 9.87. The van der Waals surface area contributed by atoms with Crippen LogP contribution >= 0.6 is 0 Å². The van der Waals surface area contributed by atoms with Crippen molar-refractivity contribution in [3.63, 3.8) is 0 Å². The van der Waals surface area contributed by atoms with Gasteiger partial charge in [0.25, 0.3) is 0 Å². The highest BCUT2D eigenvalue weighted by Gasteiger charge is 2.26. The van der Waals surface area contributed by atoms with Crippen molar-refractivity contribution in [2.24, 2.45) is 0 Å². The lowest BCUT2D eigenvalue weighted by atomic mass is 9.99. The Morgan fingerprint density at radius 3 is 2.76 bits per heavy atom. The molecule has 2 atom stereocenters. The Labute approximate surface area is 125 Å². The Morgan fingerprint density at radius 2 is 2.14 bits per heavy atom. The molecule has 2 unspecified atom stereocenters. The van der Waals surface area contributed by atoms with Crippen LogP contribution in [0.25, 0.3) is 0 Å². The van der Waals surface area contributed by atoms with Gasteiger partial charge in [-0.25, -0.2) is 4.79 Å². The van der Waals surface area contributed by atoms with Crippen LogP contribution in [-0.2, 0) is 4.74 Å². The highest BCUT2D eigenvalue weighted by atomic mass is 16.6. The van der Waals surface area contributed by atoms with Gasteiger partial charge in [0.05, 0.1) is 6.10 Å². The maximum absolute atomic E-state index is 11.9. The quantitative estimate of drug-likeness (QED) is 0.801. The van der Waals surface area contributed by atoms with Gasteiger partial charge in [0, 0.05) is 17.3 Å². The van der Waals surface area contributed by atoms with E-state index in [0.717, 1.165) is 19.4 Å². The van der Waals surface area contributed by atoms with Crippen LogP contribution in [0.1, 0.15) is 45.3 Å². The summed E-state index contributed by atoms with van der Waals surface area (Å²) in [4.78, 5) is 11.9. The number of para-hydroxylation sites is 1. The SMILES string of the molecule is CC(C)(C)OC(=O)Nc1ccccc1C(O)C1CCCN1. The Morgan fingerprint density at radius 1 is 1.43 bits per heavy atom. The van der Waals surface area contributed by atoms with Gasteiger partial charge in [0.15, 0.2) is 0 Å². The molecule has 1 aromatic carbocycles. The van der Waals surface area contributed by atoms with Crippen molar-refractivity contribution >= 4 is 11.8 Å². The summed E-state index contributed by atoms with van der Waals surface area (Å²) < 4.78 is 5.25. The van der Waals surface area contributed by atoms with Gasteiger partial charge in [-0.15, -0.1) is 0 Å². The van der Waals surface area contributed by atoms with Crippen molar-refractivity contribution in [3.05, 3.63) is 29.8 Å². The van der Waals surface area contributed by atoms with E-state index in [9.17, 15) is 9.90 Å². The molecule has 1 aliphatic heterocycles.